The van der Waals surface area contributed by atoms with Crippen LogP contribution >= 0.6 is 0 Å². The summed E-state index contributed by atoms with van der Waals surface area (Å²) in [7, 11) is 0. The molecule has 4 nitrogen and oxygen atoms in total. The number of carbonyl (C=O) groups is 1. The minimum absolute atomic E-state index is 0.0417. The van der Waals surface area contributed by atoms with E-state index in [-0.39, 0.29) is 18.8 Å². The monoisotopic (exact) mass is 147 g/mol. The van der Waals surface area contributed by atoms with Crippen LogP contribution in [0.5, 0.6) is 0 Å². The van der Waals surface area contributed by atoms with Crippen LogP contribution < -0.4 is 5.73 Å². The van der Waals surface area contributed by atoms with E-state index in [0.29, 0.717) is 0 Å². The van der Waals surface area contributed by atoms with Crippen molar-refractivity contribution in [3.63, 3.8) is 0 Å². The Morgan fingerprint density at radius 2 is 1.90 bits per heavy atom. The lowest BCUT2D eigenvalue weighted by atomic mass is 10.3. The van der Waals surface area contributed by atoms with Gasteiger partial charge in [-0.15, -0.1) is 0 Å². The molecule has 60 valence electrons. The van der Waals surface area contributed by atoms with Crippen molar-refractivity contribution in [3.05, 3.63) is 12.2 Å². The highest BCUT2D eigenvalue weighted by Gasteiger charge is 1.94. The molecule has 0 spiro atoms. The summed E-state index contributed by atoms with van der Waals surface area (Å²) >= 11 is 0. The molecule has 0 atom stereocenters. The second-order valence-corrected chi connectivity index (χ2v) is 1.44. The van der Waals surface area contributed by atoms with E-state index < -0.39 is 5.91 Å². The maximum Gasteiger partial charge on any atom is 0.246 e. The number of aliphatic hydroxyl groups excluding tert-OH is 2. The Balaban J connectivity index is 0. The fraction of sp³-hybridized carbons (Fsp3) is 0.500. The van der Waals surface area contributed by atoms with E-state index >= 15 is 0 Å². The van der Waals surface area contributed by atoms with Gasteiger partial charge in [-0.2, -0.15) is 0 Å². The fourth-order valence-electron chi connectivity index (χ4n) is 0.0779. The first kappa shape index (κ1) is 11.9. The van der Waals surface area contributed by atoms with Crippen LogP contribution in [0.1, 0.15) is 6.92 Å². The van der Waals surface area contributed by atoms with Crippen molar-refractivity contribution in [3.8, 4) is 0 Å². The molecule has 0 saturated carbocycles. The van der Waals surface area contributed by atoms with E-state index in [2.05, 4.69) is 12.3 Å². The second-order valence-electron chi connectivity index (χ2n) is 1.44. The van der Waals surface area contributed by atoms with Gasteiger partial charge < -0.3 is 15.9 Å². The van der Waals surface area contributed by atoms with E-state index in [4.69, 9.17) is 10.2 Å². The molecule has 0 aliphatic rings. The summed E-state index contributed by atoms with van der Waals surface area (Å²) < 4.78 is 0. The average molecular weight is 147 g/mol. The second kappa shape index (κ2) is 8.13. The molecule has 10 heavy (non-hydrogen) atoms. The van der Waals surface area contributed by atoms with Crippen LogP contribution in [-0.2, 0) is 4.79 Å². The third-order valence-corrected chi connectivity index (χ3v) is 0.539. The number of nitrogens with two attached hydrogens (primary N) is 1. The highest BCUT2D eigenvalue weighted by molar-refractivity contribution is 5.91. The molecule has 0 rings (SSSR count). The standard InChI is InChI=1S/C4H7NO2.C2H6O/c1-3(2-6)4(5)7;1-2-3/h6H,1-2H2,(H2,5,7);3H,2H2,1H3. The molecule has 0 fully saturated rings. The van der Waals surface area contributed by atoms with Gasteiger partial charge in [-0.1, -0.05) is 6.58 Å². The molecule has 0 aliphatic heterocycles. The van der Waals surface area contributed by atoms with Crippen LogP contribution in [0.2, 0.25) is 0 Å². The molecule has 0 aromatic heterocycles. The predicted octanol–water partition coefficient (Wildman–Crippen LogP) is -0.981. The molecule has 0 bridgehead atoms. The normalized spacial score (nSPS) is 7.50. The van der Waals surface area contributed by atoms with Crippen LogP contribution in [0.3, 0.4) is 0 Å². The van der Waals surface area contributed by atoms with Crippen molar-refractivity contribution >= 4 is 5.91 Å². The van der Waals surface area contributed by atoms with Crippen LogP contribution in [0, 0.1) is 0 Å². The molecular formula is C6H13NO3. The van der Waals surface area contributed by atoms with Crippen molar-refractivity contribution in [1.29, 1.82) is 0 Å². The molecule has 1 amide bonds. The number of amides is 1. The van der Waals surface area contributed by atoms with E-state index in [9.17, 15) is 4.79 Å². The summed E-state index contributed by atoms with van der Waals surface area (Å²) in [6, 6.07) is 0. The number of primary amides is 1. The van der Waals surface area contributed by atoms with E-state index in [1.165, 1.54) is 0 Å². The van der Waals surface area contributed by atoms with E-state index in [1.807, 2.05) is 0 Å². The van der Waals surface area contributed by atoms with Gasteiger partial charge in [-0.3, -0.25) is 4.79 Å². The van der Waals surface area contributed by atoms with Crippen LogP contribution in [-0.4, -0.2) is 29.3 Å². The third-order valence-electron chi connectivity index (χ3n) is 0.539. The SMILES string of the molecule is C=C(CO)C(N)=O.CCO. The Labute approximate surface area is 60.0 Å². The summed E-state index contributed by atoms with van der Waals surface area (Å²) in [6.07, 6.45) is 0. The van der Waals surface area contributed by atoms with Crippen LogP contribution in [0.4, 0.5) is 0 Å². The average Bonchev–Trinajstić information content (AvgIpc) is 1.88. The van der Waals surface area contributed by atoms with Crippen molar-refractivity contribution in [2.45, 2.75) is 6.92 Å². The summed E-state index contributed by atoms with van der Waals surface area (Å²) in [4.78, 5) is 9.89. The van der Waals surface area contributed by atoms with Crippen molar-refractivity contribution in [1.82, 2.24) is 0 Å². The Morgan fingerprint density at radius 1 is 1.60 bits per heavy atom. The molecule has 0 saturated heterocycles. The first-order valence-corrected chi connectivity index (χ1v) is 2.79. The quantitative estimate of drug-likeness (QED) is 0.439. The summed E-state index contributed by atoms with van der Waals surface area (Å²) in [5.41, 5.74) is 4.69. The zero-order valence-electron chi connectivity index (χ0n) is 6.00. The minimum Gasteiger partial charge on any atom is -0.397 e. The number of aliphatic hydroxyl groups is 2. The van der Waals surface area contributed by atoms with Crippen LogP contribution in [0.15, 0.2) is 12.2 Å². The third kappa shape index (κ3) is 10.2. The Bertz CT molecular complexity index is 112. The van der Waals surface area contributed by atoms with Crippen LogP contribution in [0.25, 0.3) is 0 Å². The van der Waals surface area contributed by atoms with E-state index in [1.54, 1.807) is 6.92 Å². The lowest BCUT2D eigenvalue weighted by molar-refractivity contribution is -0.114. The molecule has 4 N–H and O–H groups in total. The molecule has 0 unspecified atom stereocenters. The Morgan fingerprint density at radius 3 is 1.90 bits per heavy atom. The maximum absolute atomic E-state index is 9.89. The molecule has 0 aromatic carbocycles. The number of rotatable bonds is 2. The molecular weight excluding hydrogens is 134 g/mol. The Kier molecular flexibility index (Phi) is 9.65. The fourth-order valence-corrected chi connectivity index (χ4v) is 0.0779. The Hall–Kier alpha value is -0.870. The topological polar surface area (TPSA) is 83.5 Å². The first-order valence-electron chi connectivity index (χ1n) is 2.79. The van der Waals surface area contributed by atoms with Gasteiger partial charge in [0.1, 0.15) is 0 Å². The smallest absolute Gasteiger partial charge is 0.246 e. The zero-order valence-corrected chi connectivity index (χ0v) is 6.00. The highest BCUT2D eigenvalue weighted by atomic mass is 16.3. The van der Waals surface area contributed by atoms with Gasteiger partial charge in [0.15, 0.2) is 0 Å². The first-order chi connectivity index (χ1) is 4.59. The van der Waals surface area contributed by atoms with Gasteiger partial charge in [0.25, 0.3) is 0 Å². The van der Waals surface area contributed by atoms with Crippen molar-refractivity contribution in [2.75, 3.05) is 13.2 Å². The highest BCUT2D eigenvalue weighted by Crippen LogP contribution is 1.80. The summed E-state index contributed by atoms with van der Waals surface area (Å²) in [5.74, 6) is -0.650. The molecule has 0 radical (unpaired) electrons. The minimum atomic E-state index is -0.650. The lowest BCUT2D eigenvalue weighted by Crippen LogP contribution is -2.14. The maximum atomic E-state index is 9.89. The van der Waals surface area contributed by atoms with Gasteiger partial charge in [0.2, 0.25) is 5.91 Å². The van der Waals surface area contributed by atoms with Gasteiger partial charge >= 0.3 is 0 Å². The van der Waals surface area contributed by atoms with Gasteiger partial charge in [0, 0.05) is 12.2 Å². The van der Waals surface area contributed by atoms with Gasteiger partial charge in [0.05, 0.1) is 6.61 Å². The van der Waals surface area contributed by atoms with Gasteiger partial charge in [-0.05, 0) is 6.92 Å². The number of carbonyl (C=O) groups excluding carboxylic acids is 1. The van der Waals surface area contributed by atoms with Gasteiger partial charge in [-0.25, -0.2) is 0 Å². The zero-order chi connectivity index (χ0) is 8.57. The molecule has 0 aromatic rings. The molecule has 0 aliphatic carbocycles. The number of hydrogen-bond acceptors (Lipinski definition) is 3. The van der Waals surface area contributed by atoms with Crippen molar-refractivity contribution in [2.24, 2.45) is 5.73 Å². The molecule has 0 heterocycles. The summed E-state index contributed by atoms with van der Waals surface area (Å²) in [6.45, 7) is 4.73. The predicted molar refractivity (Wildman–Crippen MR) is 38.2 cm³/mol. The molecule has 4 heteroatoms. The summed E-state index contributed by atoms with van der Waals surface area (Å²) in [5, 5.41) is 15.7. The van der Waals surface area contributed by atoms with Crippen molar-refractivity contribution < 1.29 is 15.0 Å². The van der Waals surface area contributed by atoms with E-state index in [0.717, 1.165) is 0 Å². The lowest BCUT2D eigenvalue weighted by Gasteiger charge is -1.88. The number of hydrogen-bond donors (Lipinski definition) is 3. The largest absolute Gasteiger partial charge is 0.397 e.